The summed E-state index contributed by atoms with van der Waals surface area (Å²) in [6.45, 7) is 3.12. The molecule has 2 aromatic rings. The minimum absolute atomic E-state index is 0.132. The Bertz CT molecular complexity index is 827. The monoisotopic (exact) mass is 406 g/mol. The number of anilines is 1. The molecule has 29 heavy (non-hydrogen) atoms. The number of ether oxygens (including phenoxy) is 1. The Balaban J connectivity index is 1.42. The summed E-state index contributed by atoms with van der Waals surface area (Å²) in [5.41, 5.74) is -0.219. The fourth-order valence-electron chi connectivity index (χ4n) is 3.07. The first-order chi connectivity index (χ1) is 13.8. The van der Waals surface area contributed by atoms with Crippen LogP contribution >= 0.6 is 0 Å². The number of rotatable bonds is 6. The average molecular weight is 406 g/mol. The molecule has 1 unspecified atom stereocenters. The molecular weight excluding hydrogens is 385 g/mol. The molecule has 0 amide bonds. The van der Waals surface area contributed by atoms with Gasteiger partial charge >= 0.3 is 6.18 Å². The van der Waals surface area contributed by atoms with E-state index in [0.717, 1.165) is 12.3 Å². The SMILES string of the molecule is N#Cc1ccc(OCC(O)CN2CCN(c3ccc(C(F)(F)F)cn3)CC2)cc1. The Hall–Kier alpha value is -2.83. The predicted molar refractivity (Wildman–Crippen MR) is 101 cm³/mol. The van der Waals surface area contributed by atoms with Crippen LogP contribution in [0.3, 0.4) is 0 Å². The van der Waals surface area contributed by atoms with Crippen molar-refractivity contribution >= 4 is 5.82 Å². The van der Waals surface area contributed by atoms with Gasteiger partial charge < -0.3 is 14.7 Å². The number of aliphatic hydroxyl groups is 1. The lowest BCUT2D eigenvalue weighted by molar-refractivity contribution is -0.137. The third kappa shape index (κ3) is 5.82. The van der Waals surface area contributed by atoms with Crippen LogP contribution in [0.25, 0.3) is 0 Å². The van der Waals surface area contributed by atoms with E-state index >= 15 is 0 Å². The number of aromatic nitrogens is 1. The Kier molecular flexibility index (Phi) is 6.56. The van der Waals surface area contributed by atoms with E-state index in [1.165, 1.54) is 6.07 Å². The number of aliphatic hydroxyl groups excluding tert-OH is 1. The van der Waals surface area contributed by atoms with Crippen molar-refractivity contribution in [1.29, 1.82) is 5.26 Å². The van der Waals surface area contributed by atoms with E-state index in [2.05, 4.69) is 9.88 Å². The number of benzene rings is 1. The van der Waals surface area contributed by atoms with Crippen molar-refractivity contribution in [3.05, 3.63) is 53.7 Å². The summed E-state index contributed by atoms with van der Waals surface area (Å²) in [5, 5.41) is 19.0. The number of pyridine rings is 1. The Morgan fingerprint density at radius 3 is 2.34 bits per heavy atom. The van der Waals surface area contributed by atoms with Crippen LogP contribution in [-0.2, 0) is 6.18 Å². The van der Waals surface area contributed by atoms with Crippen LogP contribution in [0, 0.1) is 11.3 Å². The summed E-state index contributed by atoms with van der Waals surface area (Å²) in [5.74, 6) is 1.10. The molecule has 0 saturated carbocycles. The van der Waals surface area contributed by atoms with E-state index in [-0.39, 0.29) is 6.61 Å². The molecule has 154 valence electrons. The fraction of sp³-hybridized carbons (Fsp3) is 0.400. The van der Waals surface area contributed by atoms with E-state index in [1.807, 2.05) is 11.0 Å². The van der Waals surface area contributed by atoms with E-state index in [0.29, 0.717) is 49.9 Å². The zero-order valence-electron chi connectivity index (χ0n) is 15.6. The Labute approximate surface area is 166 Å². The summed E-state index contributed by atoms with van der Waals surface area (Å²) in [6.07, 6.45) is -4.21. The lowest BCUT2D eigenvalue weighted by Gasteiger charge is -2.36. The van der Waals surface area contributed by atoms with Crippen LogP contribution in [0.5, 0.6) is 5.75 Å². The van der Waals surface area contributed by atoms with Gasteiger partial charge in [0.05, 0.1) is 17.2 Å². The van der Waals surface area contributed by atoms with Gasteiger partial charge in [0, 0.05) is 38.9 Å². The lowest BCUT2D eigenvalue weighted by Crippen LogP contribution is -2.49. The van der Waals surface area contributed by atoms with Gasteiger partial charge in [-0.15, -0.1) is 0 Å². The minimum atomic E-state index is -4.39. The van der Waals surface area contributed by atoms with Gasteiger partial charge in [-0.05, 0) is 36.4 Å². The number of nitrogens with zero attached hydrogens (tertiary/aromatic N) is 4. The number of β-amino-alcohol motifs (C(OH)–C–C–N with tert-alkyl or cyclic N) is 1. The summed E-state index contributed by atoms with van der Waals surface area (Å²) in [7, 11) is 0. The highest BCUT2D eigenvalue weighted by atomic mass is 19.4. The smallest absolute Gasteiger partial charge is 0.417 e. The number of hydrogen-bond acceptors (Lipinski definition) is 6. The molecule has 0 aliphatic carbocycles. The second kappa shape index (κ2) is 9.11. The largest absolute Gasteiger partial charge is 0.491 e. The quantitative estimate of drug-likeness (QED) is 0.795. The van der Waals surface area contributed by atoms with Gasteiger partial charge in [-0.2, -0.15) is 18.4 Å². The molecule has 0 bridgehead atoms. The molecule has 1 aromatic heterocycles. The van der Waals surface area contributed by atoms with Crippen molar-refractivity contribution in [3.63, 3.8) is 0 Å². The van der Waals surface area contributed by atoms with Crippen molar-refractivity contribution in [3.8, 4) is 11.8 Å². The highest BCUT2D eigenvalue weighted by Crippen LogP contribution is 2.29. The van der Waals surface area contributed by atoms with Crippen LogP contribution < -0.4 is 9.64 Å². The zero-order chi connectivity index (χ0) is 20.9. The maximum Gasteiger partial charge on any atom is 0.417 e. The predicted octanol–water partition coefficient (Wildman–Crippen LogP) is 2.53. The van der Waals surface area contributed by atoms with Crippen molar-refractivity contribution in [2.24, 2.45) is 0 Å². The first-order valence-corrected chi connectivity index (χ1v) is 9.17. The normalized spacial score (nSPS) is 16.3. The Morgan fingerprint density at radius 1 is 1.10 bits per heavy atom. The highest BCUT2D eigenvalue weighted by Gasteiger charge is 2.31. The first kappa shape index (κ1) is 20.9. The number of nitriles is 1. The van der Waals surface area contributed by atoms with Crippen molar-refractivity contribution in [1.82, 2.24) is 9.88 Å². The molecule has 2 heterocycles. The third-order valence-electron chi connectivity index (χ3n) is 4.67. The minimum Gasteiger partial charge on any atom is -0.491 e. The third-order valence-corrected chi connectivity index (χ3v) is 4.67. The molecule has 0 spiro atoms. The summed E-state index contributed by atoms with van der Waals surface area (Å²) >= 11 is 0. The molecule has 1 fully saturated rings. The molecular formula is C20H21F3N4O2. The standard InChI is InChI=1S/C20H21F3N4O2/c21-20(22,23)16-3-6-19(25-12-16)27-9-7-26(8-10-27)13-17(28)14-29-18-4-1-15(11-24)2-5-18/h1-6,12,17,28H,7-10,13-14H2. The summed E-state index contributed by atoms with van der Waals surface area (Å²) in [6, 6.07) is 11.1. The summed E-state index contributed by atoms with van der Waals surface area (Å²) in [4.78, 5) is 7.93. The average Bonchev–Trinajstić information content (AvgIpc) is 2.73. The maximum absolute atomic E-state index is 12.6. The Morgan fingerprint density at radius 2 is 1.79 bits per heavy atom. The molecule has 0 radical (unpaired) electrons. The zero-order valence-corrected chi connectivity index (χ0v) is 15.6. The number of piperazine rings is 1. The molecule has 1 aliphatic heterocycles. The summed E-state index contributed by atoms with van der Waals surface area (Å²) < 4.78 is 43.4. The second-order valence-electron chi connectivity index (χ2n) is 6.79. The van der Waals surface area contributed by atoms with Gasteiger partial charge in [-0.3, -0.25) is 4.90 Å². The molecule has 1 N–H and O–H groups in total. The molecule has 1 saturated heterocycles. The van der Waals surface area contributed by atoms with Gasteiger partial charge in [0.15, 0.2) is 0 Å². The molecule has 6 nitrogen and oxygen atoms in total. The van der Waals surface area contributed by atoms with Crippen molar-refractivity contribution in [2.75, 3.05) is 44.2 Å². The van der Waals surface area contributed by atoms with Gasteiger partial charge in [-0.1, -0.05) is 0 Å². The number of halogens is 3. The van der Waals surface area contributed by atoms with Gasteiger partial charge in [-0.25, -0.2) is 4.98 Å². The van der Waals surface area contributed by atoms with Gasteiger partial charge in [0.25, 0.3) is 0 Å². The fourth-order valence-corrected chi connectivity index (χ4v) is 3.07. The number of hydrogen-bond donors (Lipinski definition) is 1. The maximum atomic E-state index is 12.6. The lowest BCUT2D eigenvalue weighted by atomic mass is 10.2. The van der Waals surface area contributed by atoms with Crippen LogP contribution in [-0.4, -0.2) is 60.4 Å². The van der Waals surface area contributed by atoms with Crippen LogP contribution in [0.4, 0.5) is 19.0 Å². The second-order valence-corrected chi connectivity index (χ2v) is 6.79. The molecule has 1 aromatic carbocycles. The van der Waals surface area contributed by atoms with Gasteiger partial charge in [0.2, 0.25) is 0 Å². The van der Waals surface area contributed by atoms with E-state index in [4.69, 9.17) is 10.00 Å². The topological polar surface area (TPSA) is 72.6 Å². The van der Waals surface area contributed by atoms with Crippen molar-refractivity contribution < 1.29 is 23.0 Å². The van der Waals surface area contributed by atoms with E-state index in [1.54, 1.807) is 24.3 Å². The van der Waals surface area contributed by atoms with E-state index in [9.17, 15) is 18.3 Å². The van der Waals surface area contributed by atoms with Crippen molar-refractivity contribution in [2.45, 2.75) is 12.3 Å². The van der Waals surface area contributed by atoms with Crippen LogP contribution in [0.1, 0.15) is 11.1 Å². The number of alkyl halides is 3. The molecule has 3 rings (SSSR count). The van der Waals surface area contributed by atoms with Gasteiger partial charge in [0.1, 0.15) is 24.3 Å². The highest BCUT2D eigenvalue weighted by molar-refractivity contribution is 5.40. The van der Waals surface area contributed by atoms with Crippen LogP contribution in [0.2, 0.25) is 0 Å². The molecule has 9 heteroatoms. The molecule has 1 atom stereocenters. The van der Waals surface area contributed by atoms with Crippen LogP contribution in [0.15, 0.2) is 42.6 Å². The molecule has 1 aliphatic rings. The first-order valence-electron chi connectivity index (χ1n) is 9.17. The van der Waals surface area contributed by atoms with E-state index < -0.39 is 17.8 Å².